The van der Waals surface area contributed by atoms with Crippen molar-refractivity contribution in [2.75, 3.05) is 31.1 Å². The average Bonchev–Trinajstić information content (AvgIpc) is 3.07. The van der Waals surface area contributed by atoms with Gasteiger partial charge in [-0.05, 0) is 23.6 Å². The van der Waals surface area contributed by atoms with Gasteiger partial charge in [0, 0.05) is 32.4 Å². The van der Waals surface area contributed by atoms with Crippen molar-refractivity contribution in [2.24, 2.45) is 0 Å². The third-order valence-electron chi connectivity index (χ3n) is 3.56. The molecule has 8 nitrogen and oxygen atoms in total. The Labute approximate surface area is 137 Å². The molecule has 23 heavy (non-hydrogen) atoms. The lowest BCUT2D eigenvalue weighted by Gasteiger charge is -2.34. The maximum absolute atomic E-state index is 12.6. The molecule has 0 amide bonds. The second-order valence-electron chi connectivity index (χ2n) is 4.89. The first kappa shape index (κ1) is 15.8. The van der Waals surface area contributed by atoms with Crippen LogP contribution in [-0.2, 0) is 10.0 Å². The van der Waals surface area contributed by atoms with Gasteiger partial charge in [-0.3, -0.25) is 0 Å². The van der Waals surface area contributed by atoms with Crippen LogP contribution < -0.4 is 4.90 Å². The maximum Gasteiger partial charge on any atom is 0.347 e. The fourth-order valence-electron chi connectivity index (χ4n) is 2.42. The molecule has 0 saturated carbocycles. The molecule has 10 heteroatoms. The van der Waals surface area contributed by atoms with Crippen LogP contribution in [-0.4, -0.2) is 60.2 Å². The summed E-state index contributed by atoms with van der Waals surface area (Å²) in [7, 11) is -3.80. The van der Waals surface area contributed by atoms with Gasteiger partial charge in [-0.25, -0.2) is 13.2 Å². The second-order valence-corrected chi connectivity index (χ2v) is 7.71. The number of hydrogen-bond donors (Lipinski definition) is 1. The Hall–Kier alpha value is -2.04. The van der Waals surface area contributed by atoms with Crippen LogP contribution in [0.2, 0.25) is 0 Å². The molecule has 3 rings (SSSR count). The normalized spacial score (nSPS) is 16.4. The van der Waals surface area contributed by atoms with E-state index in [4.69, 9.17) is 5.11 Å². The minimum Gasteiger partial charge on any atom is -0.477 e. The second kappa shape index (κ2) is 6.22. The van der Waals surface area contributed by atoms with Gasteiger partial charge in [0.15, 0.2) is 5.82 Å². The number of anilines is 1. The zero-order chi connectivity index (χ0) is 16.4. The van der Waals surface area contributed by atoms with E-state index < -0.39 is 16.0 Å². The number of rotatable bonds is 4. The van der Waals surface area contributed by atoms with Gasteiger partial charge in [0.2, 0.25) is 10.0 Å². The number of piperazine rings is 1. The number of carboxylic acids is 1. The van der Waals surface area contributed by atoms with Crippen LogP contribution in [0.3, 0.4) is 0 Å². The molecule has 1 N–H and O–H groups in total. The fraction of sp³-hybridized carbons (Fsp3) is 0.308. The van der Waals surface area contributed by atoms with Gasteiger partial charge in [0.25, 0.3) is 0 Å². The Bertz CT molecular complexity index is 798. The summed E-state index contributed by atoms with van der Waals surface area (Å²) in [5.41, 5.74) is 0. The molecule has 0 bridgehead atoms. The lowest BCUT2D eigenvalue weighted by Crippen LogP contribution is -2.49. The molecule has 1 fully saturated rings. The number of aromatic carboxylic acids is 1. The minimum absolute atomic E-state index is 0.136. The molecule has 0 aliphatic carbocycles. The summed E-state index contributed by atoms with van der Waals surface area (Å²) >= 11 is 0.912. The number of hydrogen-bond acceptors (Lipinski definition) is 7. The first-order valence-corrected chi connectivity index (χ1v) is 9.15. The largest absolute Gasteiger partial charge is 0.477 e. The van der Waals surface area contributed by atoms with Crippen molar-refractivity contribution in [3.8, 4) is 0 Å². The topological polar surface area (TPSA) is 104 Å². The third kappa shape index (κ3) is 3.05. The van der Waals surface area contributed by atoms with Crippen molar-refractivity contribution in [1.29, 1.82) is 0 Å². The molecule has 0 spiro atoms. The van der Waals surface area contributed by atoms with Crippen LogP contribution in [0, 0.1) is 0 Å². The molecular weight excluding hydrogens is 340 g/mol. The van der Waals surface area contributed by atoms with Gasteiger partial charge in [-0.15, -0.1) is 16.4 Å². The Morgan fingerprint density at radius 2 is 1.96 bits per heavy atom. The number of thiophene rings is 1. The predicted molar refractivity (Wildman–Crippen MR) is 84.3 cm³/mol. The van der Waals surface area contributed by atoms with Gasteiger partial charge >= 0.3 is 5.97 Å². The van der Waals surface area contributed by atoms with Crippen molar-refractivity contribution < 1.29 is 18.3 Å². The van der Waals surface area contributed by atoms with Crippen LogP contribution in [0.15, 0.2) is 34.7 Å². The number of sulfonamides is 1. The van der Waals surface area contributed by atoms with Crippen LogP contribution in [0.4, 0.5) is 5.82 Å². The highest BCUT2D eigenvalue weighted by Crippen LogP contribution is 2.26. The molecule has 2 aromatic rings. The van der Waals surface area contributed by atoms with Crippen molar-refractivity contribution >= 4 is 33.1 Å². The smallest absolute Gasteiger partial charge is 0.347 e. The van der Waals surface area contributed by atoms with Crippen LogP contribution in [0.1, 0.15) is 9.67 Å². The molecule has 0 unspecified atom stereocenters. The summed E-state index contributed by atoms with van der Waals surface area (Å²) in [5, 5.41) is 18.4. The van der Waals surface area contributed by atoms with Crippen molar-refractivity contribution in [2.45, 2.75) is 4.90 Å². The predicted octanol–water partition coefficient (Wildman–Crippen LogP) is 0.747. The standard InChI is InChI=1S/C13H14N4O4S2/c18-13(19)12-10(3-9-22-12)23(20,21)17-7-5-16(6-8-17)11-2-1-4-14-15-11/h1-4,9H,5-8H2,(H,18,19). The van der Waals surface area contributed by atoms with Crippen LogP contribution in [0.25, 0.3) is 0 Å². The first-order valence-electron chi connectivity index (χ1n) is 6.84. The molecule has 1 aliphatic rings. The minimum atomic E-state index is -3.80. The van der Waals surface area contributed by atoms with E-state index in [9.17, 15) is 13.2 Å². The Morgan fingerprint density at radius 3 is 2.57 bits per heavy atom. The average molecular weight is 354 g/mol. The quantitative estimate of drug-likeness (QED) is 0.864. The Kier molecular flexibility index (Phi) is 4.28. The number of aromatic nitrogens is 2. The molecule has 122 valence electrons. The van der Waals surface area contributed by atoms with Gasteiger partial charge in [0.1, 0.15) is 9.77 Å². The van der Waals surface area contributed by atoms with Gasteiger partial charge in [-0.2, -0.15) is 9.40 Å². The first-order chi connectivity index (χ1) is 11.0. The SMILES string of the molecule is O=C(O)c1sccc1S(=O)(=O)N1CCN(c2cccnn2)CC1. The zero-order valence-electron chi connectivity index (χ0n) is 12.0. The number of carboxylic acid groups (broad SMARTS) is 1. The van der Waals surface area contributed by atoms with E-state index in [1.165, 1.54) is 15.8 Å². The summed E-state index contributed by atoms with van der Waals surface area (Å²) in [5.74, 6) is -0.525. The Morgan fingerprint density at radius 1 is 1.22 bits per heavy atom. The lowest BCUT2D eigenvalue weighted by molar-refractivity contribution is 0.0698. The van der Waals surface area contributed by atoms with Gasteiger partial charge < -0.3 is 10.0 Å². The van der Waals surface area contributed by atoms with E-state index >= 15 is 0 Å². The lowest BCUT2D eigenvalue weighted by atomic mass is 10.3. The maximum atomic E-state index is 12.6. The zero-order valence-corrected chi connectivity index (χ0v) is 13.6. The molecule has 0 radical (unpaired) electrons. The van der Waals surface area contributed by atoms with Crippen molar-refractivity contribution in [1.82, 2.24) is 14.5 Å². The summed E-state index contributed by atoms with van der Waals surface area (Å²) in [6, 6.07) is 4.94. The summed E-state index contributed by atoms with van der Waals surface area (Å²) < 4.78 is 26.6. The fourth-order valence-corrected chi connectivity index (χ4v) is 5.07. The van der Waals surface area contributed by atoms with Crippen molar-refractivity contribution in [3.05, 3.63) is 34.7 Å². The third-order valence-corrected chi connectivity index (χ3v) is 6.53. The Balaban J connectivity index is 1.76. The summed E-state index contributed by atoms with van der Waals surface area (Å²) in [4.78, 5) is 12.8. The van der Waals surface area contributed by atoms with E-state index in [1.807, 2.05) is 11.0 Å². The number of carbonyl (C=O) groups is 1. The molecule has 1 saturated heterocycles. The van der Waals surface area contributed by atoms with E-state index in [0.29, 0.717) is 18.9 Å². The molecule has 1 aliphatic heterocycles. The van der Waals surface area contributed by atoms with Gasteiger partial charge in [0.05, 0.1) is 0 Å². The molecular formula is C13H14N4O4S2. The van der Waals surface area contributed by atoms with E-state index in [1.54, 1.807) is 12.3 Å². The van der Waals surface area contributed by atoms with E-state index in [-0.39, 0.29) is 22.9 Å². The summed E-state index contributed by atoms with van der Waals surface area (Å²) in [6.07, 6.45) is 1.58. The molecule has 3 heterocycles. The van der Waals surface area contributed by atoms with Crippen LogP contribution >= 0.6 is 11.3 Å². The van der Waals surface area contributed by atoms with Crippen molar-refractivity contribution in [3.63, 3.8) is 0 Å². The number of nitrogens with zero attached hydrogens (tertiary/aromatic N) is 4. The summed E-state index contributed by atoms with van der Waals surface area (Å²) in [6.45, 7) is 1.50. The molecule has 2 aromatic heterocycles. The molecule has 0 aromatic carbocycles. The van der Waals surface area contributed by atoms with E-state index in [2.05, 4.69) is 10.2 Å². The highest BCUT2D eigenvalue weighted by atomic mass is 32.2. The monoisotopic (exact) mass is 354 g/mol. The van der Waals surface area contributed by atoms with Gasteiger partial charge in [-0.1, -0.05) is 0 Å². The highest BCUT2D eigenvalue weighted by molar-refractivity contribution is 7.89. The molecule has 0 atom stereocenters. The van der Waals surface area contributed by atoms with Crippen LogP contribution in [0.5, 0.6) is 0 Å². The van der Waals surface area contributed by atoms with E-state index in [0.717, 1.165) is 11.3 Å². The highest BCUT2D eigenvalue weighted by Gasteiger charge is 2.32.